The molecule has 0 aliphatic rings. The molecule has 0 bridgehead atoms. The van der Waals surface area contributed by atoms with Crippen molar-refractivity contribution in [2.24, 2.45) is 5.92 Å². The van der Waals surface area contributed by atoms with Gasteiger partial charge in [0.2, 0.25) is 5.95 Å². The van der Waals surface area contributed by atoms with E-state index in [4.69, 9.17) is 4.74 Å². The van der Waals surface area contributed by atoms with Gasteiger partial charge in [-0.05, 0) is 44.4 Å². The van der Waals surface area contributed by atoms with Crippen LogP contribution >= 0.6 is 0 Å². The molecule has 3 rings (SSSR count). The quantitative estimate of drug-likeness (QED) is 0.694. The SMILES string of the molecule is CC(C)COc1ccc(CNc2nc3c(cnn3C(C)(C)C)c(=O)[nH]2)cc1. The smallest absolute Gasteiger partial charge is 0.263 e. The van der Waals surface area contributed by atoms with E-state index in [1.807, 2.05) is 45.0 Å². The third-order valence-electron chi connectivity index (χ3n) is 4.04. The molecular formula is C20H27N5O2. The summed E-state index contributed by atoms with van der Waals surface area (Å²) in [5.41, 5.74) is 1.19. The van der Waals surface area contributed by atoms with Gasteiger partial charge in [0.25, 0.3) is 5.56 Å². The van der Waals surface area contributed by atoms with Crippen LogP contribution in [0.25, 0.3) is 11.0 Å². The number of rotatable bonds is 6. The molecule has 0 saturated heterocycles. The summed E-state index contributed by atoms with van der Waals surface area (Å²) in [5, 5.41) is 7.99. The summed E-state index contributed by atoms with van der Waals surface area (Å²) in [6, 6.07) is 7.90. The Morgan fingerprint density at radius 3 is 2.56 bits per heavy atom. The van der Waals surface area contributed by atoms with Gasteiger partial charge in [-0.3, -0.25) is 9.78 Å². The Bertz CT molecular complexity index is 965. The van der Waals surface area contributed by atoms with Gasteiger partial charge in [-0.1, -0.05) is 26.0 Å². The Morgan fingerprint density at radius 1 is 1.22 bits per heavy atom. The molecule has 0 spiro atoms. The monoisotopic (exact) mass is 369 g/mol. The summed E-state index contributed by atoms with van der Waals surface area (Å²) in [5.74, 6) is 1.78. The third-order valence-corrected chi connectivity index (χ3v) is 4.04. The lowest BCUT2D eigenvalue weighted by atomic mass is 10.1. The highest BCUT2D eigenvalue weighted by Gasteiger charge is 2.19. The van der Waals surface area contributed by atoms with Crippen molar-refractivity contribution in [2.75, 3.05) is 11.9 Å². The van der Waals surface area contributed by atoms with Gasteiger partial charge in [0.15, 0.2) is 5.65 Å². The molecule has 0 radical (unpaired) electrons. The van der Waals surface area contributed by atoms with Gasteiger partial charge in [-0.15, -0.1) is 0 Å². The van der Waals surface area contributed by atoms with Crippen molar-refractivity contribution >= 4 is 17.0 Å². The average molecular weight is 369 g/mol. The van der Waals surface area contributed by atoms with Crippen molar-refractivity contribution < 1.29 is 4.74 Å². The standard InChI is InChI=1S/C20H27N5O2/c1-13(2)12-27-15-8-6-14(7-9-15)10-21-19-23-17-16(18(26)24-19)11-22-25(17)20(3,4)5/h6-9,11,13H,10,12H2,1-5H3,(H2,21,23,24,26). The molecule has 0 unspecified atom stereocenters. The minimum atomic E-state index is -0.258. The highest BCUT2D eigenvalue weighted by atomic mass is 16.5. The molecule has 1 aromatic carbocycles. The number of hydrogen-bond donors (Lipinski definition) is 2. The van der Waals surface area contributed by atoms with Gasteiger partial charge >= 0.3 is 0 Å². The van der Waals surface area contributed by atoms with Crippen molar-refractivity contribution in [1.82, 2.24) is 19.7 Å². The van der Waals surface area contributed by atoms with E-state index in [9.17, 15) is 4.79 Å². The number of ether oxygens (including phenoxy) is 1. The molecule has 2 heterocycles. The Morgan fingerprint density at radius 2 is 1.93 bits per heavy atom. The first-order chi connectivity index (χ1) is 12.7. The van der Waals surface area contributed by atoms with Crippen molar-refractivity contribution in [3.8, 4) is 5.75 Å². The number of nitrogens with zero attached hydrogens (tertiary/aromatic N) is 3. The molecular weight excluding hydrogens is 342 g/mol. The fourth-order valence-electron chi connectivity index (χ4n) is 2.65. The second-order valence-electron chi connectivity index (χ2n) is 8.08. The summed E-state index contributed by atoms with van der Waals surface area (Å²) in [6.45, 7) is 11.6. The largest absolute Gasteiger partial charge is 0.493 e. The van der Waals surface area contributed by atoms with Crippen LogP contribution in [-0.2, 0) is 12.1 Å². The molecule has 0 atom stereocenters. The third kappa shape index (κ3) is 4.48. The minimum absolute atomic E-state index is 0.199. The number of aromatic amines is 1. The molecule has 0 aliphatic heterocycles. The zero-order valence-corrected chi connectivity index (χ0v) is 16.5. The second-order valence-corrected chi connectivity index (χ2v) is 8.08. The lowest BCUT2D eigenvalue weighted by Crippen LogP contribution is -2.24. The first-order valence-electron chi connectivity index (χ1n) is 9.18. The van der Waals surface area contributed by atoms with Crippen LogP contribution in [0.2, 0.25) is 0 Å². The van der Waals surface area contributed by atoms with Crippen LogP contribution in [0, 0.1) is 5.92 Å². The van der Waals surface area contributed by atoms with Gasteiger partial charge in [0.05, 0.1) is 18.3 Å². The van der Waals surface area contributed by atoms with Crippen LogP contribution in [0.3, 0.4) is 0 Å². The van der Waals surface area contributed by atoms with Gasteiger partial charge < -0.3 is 10.1 Å². The molecule has 27 heavy (non-hydrogen) atoms. The van der Waals surface area contributed by atoms with E-state index < -0.39 is 0 Å². The summed E-state index contributed by atoms with van der Waals surface area (Å²) in [4.78, 5) is 19.6. The number of hydrogen-bond acceptors (Lipinski definition) is 5. The number of fused-ring (bicyclic) bond motifs is 1. The lowest BCUT2D eigenvalue weighted by Gasteiger charge is -2.19. The number of benzene rings is 1. The fraction of sp³-hybridized carbons (Fsp3) is 0.450. The molecule has 144 valence electrons. The molecule has 7 heteroatoms. The summed E-state index contributed by atoms with van der Waals surface area (Å²) < 4.78 is 7.46. The summed E-state index contributed by atoms with van der Waals surface area (Å²) in [6.07, 6.45) is 1.56. The second kappa shape index (κ2) is 7.42. The Labute approximate surface area is 158 Å². The van der Waals surface area contributed by atoms with E-state index in [-0.39, 0.29) is 11.1 Å². The van der Waals surface area contributed by atoms with Crippen LogP contribution in [-0.4, -0.2) is 26.4 Å². The van der Waals surface area contributed by atoms with E-state index >= 15 is 0 Å². The van der Waals surface area contributed by atoms with Crippen LogP contribution < -0.4 is 15.6 Å². The zero-order chi connectivity index (χ0) is 19.6. The van der Waals surface area contributed by atoms with Crippen LogP contribution in [0.5, 0.6) is 5.75 Å². The van der Waals surface area contributed by atoms with Crippen molar-refractivity contribution in [3.05, 3.63) is 46.4 Å². The van der Waals surface area contributed by atoms with Gasteiger partial charge in [-0.25, -0.2) is 4.68 Å². The van der Waals surface area contributed by atoms with Crippen molar-refractivity contribution in [3.63, 3.8) is 0 Å². The fourth-order valence-corrected chi connectivity index (χ4v) is 2.65. The normalized spacial score (nSPS) is 11.9. The molecule has 2 N–H and O–H groups in total. The predicted octanol–water partition coefficient (Wildman–Crippen LogP) is 3.52. The minimum Gasteiger partial charge on any atom is -0.493 e. The lowest BCUT2D eigenvalue weighted by molar-refractivity contribution is 0.271. The molecule has 0 aliphatic carbocycles. The van der Waals surface area contributed by atoms with E-state index in [0.717, 1.165) is 11.3 Å². The van der Waals surface area contributed by atoms with Crippen LogP contribution in [0.1, 0.15) is 40.2 Å². The summed E-state index contributed by atoms with van der Waals surface area (Å²) >= 11 is 0. The van der Waals surface area contributed by atoms with E-state index in [1.165, 1.54) is 0 Å². The highest BCUT2D eigenvalue weighted by Crippen LogP contribution is 2.19. The number of nitrogens with one attached hydrogen (secondary N) is 2. The molecule has 7 nitrogen and oxygen atoms in total. The average Bonchev–Trinajstić information content (AvgIpc) is 3.04. The van der Waals surface area contributed by atoms with Gasteiger partial charge in [0.1, 0.15) is 11.1 Å². The first kappa shape index (κ1) is 18.9. The van der Waals surface area contributed by atoms with Crippen molar-refractivity contribution in [2.45, 2.75) is 46.7 Å². The van der Waals surface area contributed by atoms with Gasteiger partial charge in [-0.2, -0.15) is 10.1 Å². The molecule has 0 amide bonds. The van der Waals surface area contributed by atoms with E-state index in [1.54, 1.807) is 10.9 Å². The highest BCUT2D eigenvalue weighted by molar-refractivity contribution is 5.74. The maximum atomic E-state index is 12.3. The predicted molar refractivity (Wildman–Crippen MR) is 107 cm³/mol. The molecule has 0 saturated carbocycles. The van der Waals surface area contributed by atoms with E-state index in [0.29, 0.717) is 36.1 Å². The van der Waals surface area contributed by atoms with Gasteiger partial charge in [0, 0.05) is 6.54 Å². The van der Waals surface area contributed by atoms with Crippen molar-refractivity contribution in [1.29, 1.82) is 0 Å². The Balaban J connectivity index is 1.74. The topological polar surface area (TPSA) is 84.8 Å². The maximum Gasteiger partial charge on any atom is 0.263 e. The summed E-state index contributed by atoms with van der Waals surface area (Å²) in [7, 11) is 0. The maximum absolute atomic E-state index is 12.3. The van der Waals surface area contributed by atoms with Crippen LogP contribution in [0.15, 0.2) is 35.3 Å². The Hall–Kier alpha value is -2.83. The molecule has 3 aromatic rings. The zero-order valence-electron chi connectivity index (χ0n) is 16.5. The van der Waals surface area contributed by atoms with Crippen LogP contribution in [0.4, 0.5) is 5.95 Å². The number of anilines is 1. The molecule has 2 aromatic heterocycles. The number of aromatic nitrogens is 4. The number of H-pyrrole nitrogens is 1. The Kier molecular flexibility index (Phi) is 5.21. The first-order valence-corrected chi connectivity index (χ1v) is 9.18. The molecule has 0 fully saturated rings. The van der Waals surface area contributed by atoms with E-state index in [2.05, 4.69) is 34.2 Å².